The molecule has 0 amide bonds. The van der Waals surface area contributed by atoms with Crippen LogP contribution in [-0.2, 0) is 9.47 Å². The summed E-state index contributed by atoms with van der Waals surface area (Å²) in [7, 11) is 0. The van der Waals surface area contributed by atoms with E-state index in [4.69, 9.17) is 9.47 Å². The summed E-state index contributed by atoms with van der Waals surface area (Å²) >= 11 is 0. The summed E-state index contributed by atoms with van der Waals surface area (Å²) < 4.78 is 12.3. The molecule has 2 rings (SSSR count). The third-order valence-corrected chi connectivity index (χ3v) is 5.56. The standard InChI is InChI=1S/C21H42N2O2/c1-16(22-9-11-23(12-10-22)20(3,4)5)13-17(2)24-18-14-19(15-18)25-21(6,7)8/h16-19H,9-15H2,1-8H3. The van der Waals surface area contributed by atoms with Crippen LogP contribution in [0.25, 0.3) is 0 Å². The maximum absolute atomic E-state index is 6.25. The van der Waals surface area contributed by atoms with Gasteiger partial charge in [-0.15, -0.1) is 0 Å². The van der Waals surface area contributed by atoms with Crippen LogP contribution in [0.4, 0.5) is 0 Å². The fourth-order valence-electron chi connectivity index (χ4n) is 4.07. The van der Waals surface area contributed by atoms with E-state index in [-0.39, 0.29) is 5.60 Å². The van der Waals surface area contributed by atoms with Crippen LogP contribution in [0.15, 0.2) is 0 Å². The highest BCUT2D eigenvalue weighted by Crippen LogP contribution is 2.31. The first-order valence-corrected chi connectivity index (χ1v) is 10.3. The van der Waals surface area contributed by atoms with Crippen LogP contribution < -0.4 is 0 Å². The van der Waals surface area contributed by atoms with Gasteiger partial charge in [0.2, 0.25) is 0 Å². The molecular weight excluding hydrogens is 312 g/mol. The predicted molar refractivity (Wildman–Crippen MR) is 105 cm³/mol. The fourth-order valence-corrected chi connectivity index (χ4v) is 4.07. The first-order valence-electron chi connectivity index (χ1n) is 10.3. The van der Waals surface area contributed by atoms with Gasteiger partial charge in [0.15, 0.2) is 0 Å². The lowest BCUT2D eigenvalue weighted by Gasteiger charge is -2.45. The minimum Gasteiger partial charge on any atom is -0.375 e. The molecule has 1 saturated heterocycles. The maximum atomic E-state index is 6.25. The normalized spacial score (nSPS) is 29.3. The first kappa shape index (κ1) is 21.1. The smallest absolute Gasteiger partial charge is 0.0631 e. The molecule has 0 spiro atoms. The van der Waals surface area contributed by atoms with E-state index in [0.717, 1.165) is 19.3 Å². The molecule has 0 N–H and O–H groups in total. The predicted octanol–water partition coefficient (Wildman–Crippen LogP) is 3.93. The monoisotopic (exact) mass is 354 g/mol. The van der Waals surface area contributed by atoms with Gasteiger partial charge in [-0.05, 0) is 74.7 Å². The zero-order valence-corrected chi connectivity index (χ0v) is 18.0. The molecule has 1 saturated carbocycles. The summed E-state index contributed by atoms with van der Waals surface area (Å²) in [5.74, 6) is 0. The van der Waals surface area contributed by atoms with Gasteiger partial charge in [0.05, 0.1) is 23.9 Å². The fraction of sp³-hybridized carbons (Fsp3) is 1.00. The molecule has 1 aliphatic carbocycles. The molecule has 1 heterocycles. The summed E-state index contributed by atoms with van der Waals surface area (Å²) in [5.41, 5.74) is 0.257. The second-order valence-corrected chi connectivity index (χ2v) is 10.2. The Morgan fingerprint density at radius 1 is 0.880 bits per heavy atom. The van der Waals surface area contributed by atoms with Crippen LogP contribution in [0.3, 0.4) is 0 Å². The van der Waals surface area contributed by atoms with Crippen molar-refractivity contribution in [3.05, 3.63) is 0 Å². The van der Waals surface area contributed by atoms with E-state index in [1.807, 2.05) is 0 Å². The highest BCUT2D eigenvalue weighted by molar-refractivity contribution is 4.86. The molecule has 2 atom stereocenters. The number of nitrogens with zero attached hydrogens (tertiary/aromatic N) is 2. The minimum absolute atomic E-state index is 0.0367. The third kappa shape index (κ3) is 6.82. The molecule has 0 bridgehead atoms. The Bertz CT molecular complexity index is 399. The van der Waals surface area contributed by atoms with E-state index in [2.05, 4.69) is 65.2 Å². The van der Waals surface area contributed by atoms with Crippen LogP contribution in [0, 0.1) is 0 Å². The van der Waals surface area contributed by atoms with Crippen molar-refractivity contribution in [3.8, 4) is 0 Å². The molecule has 148 valence electrons. The van der Waals surface area contributed by atoms with Crippen LogP contribution >= 0.6 is 0 Å². The molecule has 0 aromatic carbocycles. The Labute approximate surface area is 156 Å². The number of rotatable bonds is 6. The Morgan fingerprint density at radius 2 is 1.44 bits per heavy atom. The van der Waals surface area contributed by atoms with Crippen molar-refractivity contribution in [1.82, 2.24) is 9.80 Å². The summed E-state index contributed by atoms with van der Waals surface area (Å²) in [4.78, 5) is 5.23. The van der Waals surface area contributed by atoms with E-state index in [9.17, 15) is 0 Å². The highest BCUT2D eigenvalue weighted by atomic mass is 16.5. The highest BCUT2D eigenvalue weighted by Gasteiger charge is 2.35. The molecule has 1 aliphatic heterocycles. The maximum Gasteiger partial charge on any atom is 0.0631 e. The first-order chi connectivity index (χ1) is 11.4. The number of hydrogen-bond acceptors (Lipinski definition) is 4. The summed E-state index contributed by atoms with van der Waals surface area (Å²) in [5, 5.41) is 0. The van der Waals surface area contributed by atoms with Crippen molar-refractivity contribution >= 4 is 0 Å². The molecule has 2 fully saturated rings. The number of ether oxygens (including phenoxy) is 2. The second-order valence-electron chi connectivity index (χ2n) is 10.2. The van der Waals surface area contributed by atoms with E-state index < -0.39 is 0 Å². The van der Waals surface area contributed by atoms with Gasteiger partial charge in [0.25, 0.3) is 0 Å². The molecule has 2 unspecified atom stereocenters. The van der Waals surface area contributed by atoms with Crippen molar-refractivity contribution in [2.75, 3.05) is 26.2 Å². The molecule has 4 heteroatoms. The molecule has 4 nitrogen and oxygen atoms in total. The van der Waals surface area contributed by atoms with Gasteiger partial charge >= 0.3 is 0 Å². The van der Waals surface area contributed by atoms with Crippen LogP contribution in [0.2, 0.25) is 0 Å². The van der Waals surface area contributed by atoms with Gasteiger partial charge in [-0.1, -0.05) is 0 Å². The molecule has 25 heavy (non-hydrogen) atoms. The Kier molecular flexibility index (Phi) is 6.97. The minimum atomic E-state index is -0.0367. The lowest BCUT2D eigenvalue weighted by atomic mass is 9.90. The van der Waals surface area contributed by atoms with Gasteiger partial charge in [-0.2, -0.15) is 0 Å². The summed E-state index contributed by atoms with van der Waals surface area (Å²) in [6.45, 7) is 22.6. The summed E-state index contributed by atoms with van der Waals surface area (Å²) in [6.07, 6.45) is 4.35. The van der Waals surface area contributed by atoms with Crippen LogP contribution in [-0.4, -0.2) is 71.5 Å². The molecular formula is C21H42N2O2. The van der Waals surface area contributed by atoms with Crippen molar-refractivity contribution in [2.45, 2.75) is 110 Å². The Hall–Kier alpha value is -0.160. The van der Waals surface area contributed by atoms with Gasteiger partial charge in [0, 0.05) is 37.8 Å². The molecule has 0 aromatic heterocycles. The van der Waals surface area contributed by atoms with Crippen molar-refractivity contribution < 1.29 is 9.47 Å². The largest absolute Gasteiger partial charge is 0.375 e. The SMILES string of the molecule is CC(CC(C)N1CCN(C(C)(C)C)CC1)OC1CC(OC(C)(C)C)C1. The zero-order valence-electron chi connectivity index (χ0n) is 18.0. The lowest BCUT2D eigenvalue weighted by molar-refractivity contribution is -0.162. The molecule has 2 aliphatic rings. The van der Waals surface area contributed by atoms with E-state index >= 15 is 0 Å². The van der Waals surface area contributed by atoms with Gasteiger partial charge in [-0.25, -0.2) is 0 Å². The van der Waals surface area contributed by atoms with Crippen molar-refractivity contribution in [3.63, 3.8) is 0 Å². The van der Waals surface area contributed by atoms with Crippen molar-refractivity contribution in [2.24, 2.45) is 0 Å². The van der Waals surface area contributed by atoms with Crippen molar-refractivity contribution in [1.29, 1.82) is 0 Å². The third-order valence-electron chi connectivity index (χ3n) is 5.56. The van der Waals surface area contributed by atoms with Gasteiger partial charge in [0.1, 0.15) is 0 Å². The van der Waals surface area contributed by atoms with E-state index in [0.29, 0.717) is 29.9 Å². The Balaban J connectivity index is 1.64. The average Bonchev–Trinajstić information content (AvgIpc) is 2.42. The van der Waals surface area contributed by atoms with Crippen LogP contribution in [0.1, 0.15) is 74.7 Å². The topological polar surface area (TPSA) is 24.9 Å². The van der Waals surface area contributed by atoms with Crippen LogP contribution in [0.5, 0.6) is 0 Å². The van der Waals surface area contributed by atoms with Gasteiger partial charge < -0.3 is 9.47 Å². The molecule has 0 radical (unpaired) electrons. The number of piperazine rings is 1. The number of hydrogen-bond donors (Lipinski definition) is 0. The lowest BCUT2D eigenvalue weighted by Crippen LogP contribution is -2.55. The van der Waals surface area contributed by atoms with E-state index in [1.165, 1.54) is 26.2 Å². The van der Waals surface area contributed by atoms with Gasteiger partial charge in [-0.3, -0.25) is 9.80 Å². The Morgan fingerprint density at radius 3 is 1.92 bits per heavy atom. The quantitative estimate of drug-likeness (QED) is 0.721. The second kappa shape index (κ2) is 8.24. The average molecular weight is 355 g/mol. The summed E-state index contributed by atoms with van der Waals surface area (Å²) in [6, 6.07) is 0.596. The van der Waals surface area contributed by atoms with E-state index in [1.54, 1.807) is 0 Å². The zero-order chi connectivity index (χ0) is 18.8. The molecule has 0 aromatic rings.